The standard InChI is InChI=1S/C17H18FNO4S/c1-3-23-17(20)14-6-10-16(11-7-14)24(21,22)19-12(2)13-4-8-15(18)9-5-13/h4-12,19H,3H2,1-2H3/t12-/m1/s1. The summed E-state index contributed by atoms with van der Waals surface area (Å²) in [7, 11) is -3.77. The van der Waals surface area contributed by atoms with Crippen LogP contribution in [-0.4, -0.2) is 21.0 Å². The second-order valence-corrected chi connectivity index (χ2v) is 6.85. The first-order valence-electron chi connectivity index (χ1n) is 7.38. The highest BCUT2D eigenvalue weighted by Gasteiger charge is 2.19. The molecule has 0 radical (unpaired) electrons. The zero-order valence-electron chi connectivity index (χ0n) is 13.3. The molecule has 0 heterocycles. The minimum absolute atomic E-state index is 0.0320. The Kier molecular flexibility index (Phi) is 5.69. The van der Waals surface area contributed by atoms with Gasteiger partial charge in [-0.2, -0.15) is 0 Å². The first-order chi connectivity index (χ1) is 11.3. The maximum absolute atomic E-state index is 12.9. The predicted octanol–water partition coefficient (Wildman–Crippen LogP) is 3.04. The van der Waals surface area contributed by atoms with Crippen LogP contribution in [0.4, 0.5) is 4.39 Å². The van der Waals surface area contributed by atoms with Crippen molar-refractivity contribution in [2.45, 2.75) is 24.8 Å². The first kappa shape index (κ1) is 18.1. The Morgan fingerprint density at radius 2 is 1.71 bits per heavy atom. The molecule has 0 aromatic heterocycles. The van der Waals surface area contributed by atoms with E-state index in [1.165, 1.54) is 48.5 Å². The lowest BCUT2D eigenvalue weighted by molar-refractivity contribution is 0.0526. The molecule has 2 rings (SSSR count). The smallest absolute Gasteiger partial charge is 0.338 e. The Morgan fingerprint density at radius 1 is 1.12 bits per heavy atom. The molecular weight excluding hydrogens is 333 g/mol. The summed E-state index contributed by atoms with van der Waals surface area (Å²) in [6, 6.07) is 10.5. The maximum atomic E-state index is 12.9. The molecule has 5 nitrogen and oxygen atoms in total. The second-order valence-electron chi connectivity index (χ2n) is 5.14. The van der Waals surface area contributed by atoms with Gasteiger partial charge in [-0.1, -0.05) is 12.1 Å². The minimum Gasteiger partial charge on any atom is -0.462 e. The zero-order chi connectivity index (χ0) is 17.7. The Morgan fingerprint density at radius 3 is 2.25 bits per heavy atom. The summed E-state index contributed by atoms with van der Waals surface area (Å²) in [6.45, 7) is 3.60. The highest BCUT2D eigenvalue weighted by Crippen LogP contribution is 2.18. The number of ether oxygens (including phenoxy) is 1. The van der Waals surface area contributed by atoms with Crippen LogP contribution < -0.4 is 4.72 Å². The number of rotatable bonds is 6. The van der Waals surface area contributed by atoms with Crippen molar-refractivity contribution in [2.75, 3.05) is 6.61 Å². The van der Waals surface area contributed by atoms with Crippen LogP contribution in [0.5, 0.6) is 0 Å². The van der Waals surface area contributed by atoms with Crippen LogP contribution in [-0.2, 0) is 14.8 Å². The fourth-order valence-electron chi connectivity index (χ4n) is 2.10. The van der Waals surface area contributed by atoms with Gasteiger partial charge in [0.25, 0.3) is 0 Å². The van der Waals surface area contributed by atoms with Crippen molar-refractivity contribution in [1.82, 2.24) is 4.72 Å². The summed E-state index contributed by atoms with van der Waals surface area (Å²) in [5.41, 5.74) is 0.922. The van der Waals surface area contributed by atoms with Crippen molar-refractivity contribution >= 4 is 16.0 Å². The van der Waals surface area contributed by atoms with Gasteiger partial charge >= 0.3 is 5.97 Å². The molecule has 0 aliphatic heterocycles. The van der Waals surface area contributed by atoms with E-state index in [4.69, 9.17) is 4.74 Å². The number of hydrogen-bond acceptors (Lipinski definition) is 4. The Bertz CT molecular complexity index is 801. The van der Waals surface area contributed by atoms with Gasteiger partial charge in [-0.25, -0.2) is 22.3 Å². The van der Waals surface area contributed by atoms with E-state index in [0.29, 0.717) is 5.56 Å². The minimum atomic E-state index is -3.77. The zero-order valence-corrected chi connectivity index (χ0v) is 14.1. The highest BCUT2D eigenvalue weighted by atomic mass is 32.2. The predicted molar refractivity (Wildman–Crippen MR) is 87.5 cm³/mol. The normalized spacial score (nSPS) is 12.6. The summed E-state index contributed by atoms with van der Waals surface area (Å²) >= 11 is 0. The molecule has 24 heavy (non-hydrogen) atoms. The molecule has 2 aromatic carbocycles. The number of esters is 1. The number of carbonyl (C=O) groups is 1. The van der Waals surface area contributed by atoms with E-state index in [0.717, 1.165) is 0 Å². The largest absolute Gasteiger partial charge is 0.462 e. The number of benzene rings is 2. The van der Waals surface area contributed by atoms with Crippen LogP contribution in [0, 0.1) is 5.82 Å². The average molecular weight is 351 g/mol. The van der Waals surface area contributed by atoms with Gasteiger partial charge in [0.15, 0.2) is 0 Å². The van der Waals surface area contributed by atoms with E-state index < -0.39 is 22.0 Å². The third-order valence-corrected chi connectivity index (χ3v) is 4.93. The van der Waals surface area contributed by atoms with Crippen LogP contribution in [0.15, 0.2) is 53.4 Å². The fourth-order valence-corrected chi connectivity index (χ4v) is 3.34. The van der Waals surface area contributed by atoms with E-state index in [-0.39, 0.29) is 22.9 Å². The van der Waals surface area contributed by atoms with Crippen molar-refractivity contribution < 1.29 is 22.3 Å². The van der Waals surface area contributed by atoms with E-state index in [1.807, 2.05) is 0 Å². The lowest BCUT2D eigenvalue weighted by atomic mass is 10.1. The fraction of sp³-hybridized carbons (Fsp3) is 0.235. The molecule has 1 atom stereocenters. The highest BCUT2D eigenvalue weighted by molar-refractivity contribution is 7.89. The van der Waals surface area contributed by atoms with Gasteiger partial charge in [0, 0.05) is 6.04 Å². The Hall–Kier alpha value is -2.25. The van der Waals surface area contributed by atoms with Gasteiger partial charge in [0.1, 0.15) is 5.82 Å². The van der Waals surface area contributed by atoms with Crippen molar-refractivity contribution in [3.8, 4) is 0 Å². The third-order valence-electron chi connectivity index (χ3n) is 3.38. The summed E-state index contributed by atoms with van der Waals surface area (Å²) in [4.78, 5) is 11.6. The van der Waals surface area contributed by atoms with Crippen LogP contribution in [0.1, 0.15) is 35.8 Å². The van der Waals surface area contributed by atoms with Crippen molar-refractivity contribution in [3.63, 3.8) is 0 Å². The average Bonchev–Trinajstić information content (AvgIpc) is 2.55. The van der Waals surface area contributed by atoms with E-state index in [2.05, 4.69) is 4.72 Å². The molecule has 0 fully saturated rings. The Labute approximate surface area is 140 Å². The number of halogens is 1. The van der Waals surface area contributed by atoms with Crippen LogP contribution in [0.3, 0.4) is 0 Å². The van der Waals surface area contributed by atoms with E-state index in [1.54, 1.807) is 13.8 Å². The third kappa shape index (κ3) is 4.39. The molecular formula is C17H18FNO4S. The van der Waals surface area contributed by atoms with Gasteiger partial charge in [0.2, 0.25) is 10.0 Å². The summed E-state index contributed by atoms with van der Waals surface area (Å²) in [6.07, 6.45) is 0. The molecule has 0 bridgehead atoms. The summed E-state index contributed by atoms with van der Waals surface area (Å²) in [5, 5.41) is 0. The first-order valence-corrected chi connectivity index (χ1v) is 8.87. The van der Waals surface area contributed by atoms with E-state index in [9.17, 15) is 17.6 Å². The number of carbonyl (C=O) groups excluding carboxylic acids is 1. The van der Waals surface area contributed by atoms with Gasteiger partial charge in [-0.15, -0.1) is 0 Å². The SMILES string of the molecule is CCOC(=O)c1ccc(S(=O)(=O)N[C@H](C)c2ccc(F)cc2)cc1. The molecule has 1 N–H and O–H groups in total. The molecule has 0 unspecified atom stereocenters. The molecule has 2 aromatic rings. The summed E-state index contributed by atoms with van der Waals surface area (Å²) in [5.74, 6) is -0.891. The molecule has 0 amide bonds. The van der Waals surface area contributed by atoms with Gasteiger partial charge in [0.05, 0.1) is 17.1 Å². The van der Waals surface area contributed by atoms with Crippen LogP contribution in [0.25, 0.3) is 0 Å². The summed E-state index contributed by atoms with van der Waals surface area (Å²) < 4.78 is 45.1. The Balaban J connectivity index is 2.15. The van der Waals surface area contributed by atoms with Crippen LogP contribution >= 0.6 is 0 Å². The van der Waals surface area contributed by atoms with Crippen LogP contribution in [0.2, 0.25) is 0 Å². The van der Waals surface area contributed by atoms with Gasteiger partial charge in [-0.05, 0) is 55.8 Å². The topological polar surface area (TPSA) is 72.5 Å². The molecule has 0 aliphatic carbocycles. The lowest BCUT2D eigenvalue weighted by Gasteiger charge is -2.15. The van der Waals surface area contributed by atoms with E-state index >= 15 is 0 Å². The van der Waals surface area contributed by atoms with Crippen molar-refractivity contribution in [1.29, 1.82) is 0 Å². The molecule has 0 spiro atoms. The number of nitrogens with one attached hydrogen (secondary N) is 1. The lowest BCUT2D eigenvalue weighted by Crippen LogP contribution is -2.27. The molecule has 0 saturated carbocycles. The number of sulfonamides is 1. The van der Waals surface area contributed by atoms with Crippen molar-refractivity contribution in [2.24, 2.45) is 0 Å². The monoisotopic (exact) mass is 351 g/mol. The molecule has 0 saturated heterocycles. The molecule has 0 aliphatic rings. The second kappa shape index (κ2) is 7.55. The maximum Gasteiger partial charge on any atom is 0.338 e. The molecule has 128 valence electrons. The van der Waals surface area contributed by atoms with Crippen molar-refractivity contribution in [3.05, 3.63) is 65.5 Å². The number of hydrogen-bond donors (Lipinski definition) is 1. The van der Waals surface area contributed by atoms with Gasteiger partial charge < -0.3 is 4.74 Å². The van der Waals surface area contributed by atoms with Gasteiger partial charge in [-0.3, -0.25) is 0 Å². The quantitative estimate of drug-likeness (QED) is 0.812. The molecule has 7 heteroatoms.